The van der Waals surface area contributed by atoms with Crippen molar-refractivity contribution in [3.05, 3.63) is 83.6 Å². The van der Waals surface area contributed by atoms with Gasteiger partial charge in [-0.1, -0.05) is 30.3 Å². The van der Waals surface area contributed by atoms with Crippen molar-refractivity contribution in [3.63, 3.8) is 0 Å². The second-order valence-electron chi connectivity index (χ2n) is 8.28. The molecule has 1 atom stereocenters. The Morgan fingerprint density at radius 1 is 1.09 bits per heavy atom. The number of hydrogen-bond donors (Lipinski definition) is 2. The van der Waals surface area contributed by atoms with Crippen molar-refractivity contribution in [3.8, 4) is 0 Å². The lowest BCUT2D eigenvalue weighted by Crippen LogP contribution is -2.45. The average molecular weight is 479 g/mol. The fourth-order valence-corrected chi connectivity index (χ4v) is 5.23. The van der Waals surface area contributed by atoms with Crippen LogP contribution in [0, 0.1) is 6.92 Å². The topological polar surface area (TPSA) is 108 Å². The van der Waals surface area contributed by atoms with Crippen LogP contribution in [0.2, 0.25) is 0 Å². The number of aromatic nitrogens is 1. The second kappa shape index (κ2) is 9.74. The third kappa shape index (κ3) is 5.32. The molecule has 8 nitrogen and oxygen atoms in total. The summed E-state index contributed by atoms with van der Waals surface area (Å²) in [4.78, 5) is 30.7. The number of nitrogens with one attached hydrogen (secondary N) is 2. The van der Waals surface area contributed by atoms with Crippen molar-refractivity contribution in [2.45, 2.75) is 37.6 Å². The first kappa shape index (κ1) is 23.6. The average Bonchev–Trinajstić information content (AvgIpc) is 3.23. The molecule has 0 aliphatic carbocycles. The van der Waals surface area contributed by atoms with E-state index in [0.717, 1.165) is 22.4 Å². The summed E-state index contributed by atoms with van der Waals surface area (Å²) in [6.07, 6.45) is 2.32. The lowest BCUT2D eigenvalue weighted by molar-refractivity contribution is -0.118. The SMILES string of the molecule is CC(=O)N1CCc2cc(S(=O)(=O)N[C@H](Cc3ccccc3)C(=O)Nc3cc(C)ccn3)ccc21. The van der Waals surface area contributed by atoms with Gasteiger partial charge >= 0.3 is 0 Å². The van der Waals surface area contributed by atoms with E-state index in [1.54, 1.807) is 35.4 Å². The molecule has 34 heavy (non-hydrogen) atoms. The van der Waals surface area contributed by atoms with Gasteiger partial charge in [0.1, 0.15) is 11.9 Å². The van der Waals surface area contributed by atoms with Crippen LogP contribution in [0.5, 0.6) is 0 Å². The van der Waals surface area contributed by atoms with Gasteiger partial charge in [-0.25, -0.2) is 13.4 Å². The molecule has 0 fully saturated rings. The lowest BCUT2D eigenvalue weighted by Gasteiger charge is -2.19. The predicted octanol–water partition coefficient (Wildman–Crippen LogP) is 2.83. The summed E-state index contributed by atoms with van der Waals surface area (Å²) in [7, 11) is -4.02. The molecule has 1 aliphatic rings. The minimum Gasteiger partial charge on any atom is -0.312 e. The molecule has 0 saturated heterocycles. The molecule has 0 radical (unpaired) electrons. The Labute approximate surface area is 199 Å². The number of aryl methyl sites for hydroxylation is 1. The Bertz CT molecular complexity index is 1330. The standard InChI is InChI=1S/C25H26N4O4S/c1-17-10-12-26-24(14-17)27-25(31)22(15-19-6-4-3-5-7-19)28-34(32,33)21-8-9-23-20(16-21)11-13-29(23)18(2)30/h3-10,12,14,16,22,28H,11,13,15H2,1-2H3,(H,26,27,31)/t22-/m1/s1. The Hall–Kier alpha value is -3.56. The molecule has 1 aliphatic heterocycles. The Balaban J connectivity index is 1.60. The first-order valence-electron chi connectivity index (χ1n) is 10.9. The number of anilines is 2. The van der Waals surface area contributed by atoms with E-state index in [4.69, 9.17) is 0 Å². The lowest BCUT2D eigenvalue weighted by atomic mass is 10.1. The number of amides is 2. The Morgan fingerprint density at radius 2 is 1.85 bits per heavy atom. The minimum absolute atomic E-state index is 0.0520. The van der Waals surface area contributed by atoms with E-state index < -0.39 is 22.0 Å². The van der Waals surface area contributed by atoms with E-state index in [0.29, 0.717) is 18.8 Å². The van der Waals surface area contributed by atoms with E-state index in [9.17, 15) is 18.0 Å². The third-order valence-electron chi connectivity index (χ3n) is 5.70. The van der Waals surface area contributed by atoms with Gasteiger partial charge in [-0.2, -0.15) is 4.72 Å². The van der Waals surface area contributed by atoms with Gasteiger partial charge in [0.2, 0.25) is 21.8 Å². The second-order valence-corrected chi connectivity index (χ2v) is 10.00. The summed E-state index contributed by atoms with van der Waals surface area (Å²) in [6.45, 7) is 3.88. The molecule has 4 rings (SSSR count). The largest absolute Gasteiger partial charge is 0.312 e. The zero-order valence-corrected chi connectivity index (χ0v) is 19.8. The van der Waals surface area contributed by atoms with Gasteiger partial charge < -0.3 is 10.2 Å². The van der Waals surface area contributed by atoms with Crippen molar-refractivity contribution in [1.29, 1.82) is 0 Å². The van der Waals surface area contributed by atoms with Crippen LogP contribution < -0.4 is 14.9 Å². The highest BCUT2D eigenvalue weighted by Crippen LogP contribution is 2.30. The Kier molecular flexibility index (Phi) is 6.76. The van der Waals surface area contributed by atoms with Gasteiger partial charge in [-0.3, -0.25) is 9.59 Å². The Morgan fingerprint density at radius 3 is 2.56 bits per heavy atom. The highest BCUT2D eigenvalue weighted by Gasteiger charge is 2.29. The van der Waals surface area contributed by atoms with Crippen molar-refractivity contribution in [2.24, 2.45) is 0 Å². The maximum Gasteiger partial charge on any atom is 0.244 e. The summed E-state index contributed by atoms with van der Waals surface area (Å²) >= 11 is 0. The number of benzene rings is 2. The van der Waals surface area contributed by atoms with E-state index in [1.807, 2.05) is 37.3 Å². The number of carbonyl (C=O) groups excluding carboxylic acids is 2. The van der Waals surface area contributed by atoms with Crippen LogP contribution in [0.1, 0.15) is 23.6 Å². The van der Waals surface area contributed by atoms with Gasteiger partial charge in [-0.15, -0.1) is 0 Å². The van der Waals surface area contributed by atoms with E-state index in [-0.39, 0.29) is 17.2 Å². The molecular formula is C25H26N4O4S. The number of nitrogens with zero attached hydrogens (tertiary/aromatic N) is 2. The molecule has 2 heterocycles. The van der Waals surface area contributed by atoms with Gasteiger partial charge in [0.05, 0.1) is 4.90 Å². The smallest absolute Gasteiger partial charge is 0.244 e. The van der Waals surface area contributed by atoms with Crippen molar-refractivity contribution in [2.75, 3.05) is 16.8 Å². The molecule has 176 valence electrons. The van der Waals surface area contributed by atoms with Crippen LogP contribution >= 0.6 is 0 Å². The maximum atomic E-state index is 13.3. The van der Waals surface area contributed by atoms with E-state index in [2.05, 4.69) is 15.0 Å². The summed E-state index contributed by atoms with van der Waals surface area (Å²) in [5.41, 5.74) is 3.23. The quantitative estimate of drug-likeness (QED) is 0.543. The minimum atomic E-state index is -4.02. The monoisotopic (exact) mass is 478 g/mol. The number of hydrogen-bond acceptors (Lipinski definition) is 5. The molecular weight excluding hydrogens is 452 g/mol. The molecule has 0 spiro atoms. The van der Waals surface area contributed by atoms with Crippen LogP contribution in [0.3, 0.4) is 0 Å². The zero-order valence-electron chi connectivity index (χ0n) is 19.0. The first-order chi connectivity index (χ1) is 16.2. The molecule has 9 heteroatoms. The van der Waals surface area contributed by atoms with Crippen LogP contribution in [0.15, 0.2) is 71.8 Å². The molecule has 0 unspecified atom stereocenters. The fraction of sp³-hybridized carbons (Fsp3) is 0.240. The van der Waals surface area contributed by atoms with Crippen LogP contribution in [-0.2, 0) is 32.5 Å². The number of sulfonamides is 1. The number of rotatable bonds is 7. The fourth-order valence-electron chi connectivity index (χ4n) is 3.98. The van der Waals surface area contributed by atoms with E-state index >= 15 is 0 Å². The van der Waals surface area contributed by atoms with E-state index in [1.165, 1.54) is 13.0 Å². The highest BCUT2D eigenvalue weighted by molar-refractivity contribution is 7.89. The molecule has 2 amide bonds. The molecule has 0 saturated carbocycles. The first-order valence-corrected chi connectivity index (χ1v) is 12.4. The summed E-state index contributed by atoms with van der Waals surface area (Å²) < 4.78 is 29.1. The molecule has 1 aromatic heterocycles. The highest BCUT2D eigenvalue weighted by atomic mass is 32.2. The van der Waals surface area contributed by atoms with Crippen LogP contribution in [-0.4, -0.2) is 37.8 Å². The molecule has 3 aromatic rings. The zero-order chi connectivity index (χ0) is 24.3. The van der Waals surface area contributed by atoms with Gasteiger partial charge in [0.25, 0.3) is 0 Å². The van der Waals surface area contributed by atoms with Crippen molar-refractivity contribution < 1.29 is 18.0 Å². The summed E-state index contributed by atoms with van der Waals surface area (Å²) in [6, 6.07) is 16.3. The molecule has 0 bridgehead atoms. The van der Waals surface area contributed by atoms with Crippen LogP contribution in [0.25, 0.3) is 0 Å². The summed E-state index contributed by atoms with van der Waals surface area (Å²) in [5, 5.41) is 2.72. The van der Waals surface area contributed by atoms with Gasteiger partial charge in [-0.05, 0) is 66.8 Å². The van der Waals surface area contributed by atoms with Crippen molar-refractivity contribution in [1.82, 2.24) is 9.71 Å². The number of fused-ring (bicyclic) bond motifs is 1. The maximum absolute atomic E-state index is 13.3. The summed E-state index contributed by atoms with van der Waals surface area (Å²) in [5.74, 6) is -0.240. The van der Waals surface area contributed by atoms with Crippen molar-refractivity contribution >= 4 is 33.3 Å². The molecule has 2 aromatic carbocycles. The van der Waals surface area contributed by atoms with Gasteiger partial charge in [0.15, 0.2) is 0 Å². The molecule has 2 N–H and O–H groups in total. The number of carbonyl (C=O) groups is 2. The van der Waals surface area contributed by atoms with Crippen LogP contribution in [0.4, 0.5) is 11.5 Å². The number of pyridine rings is 1. The van der Waals surface area contributed by atoms with Gasteiger partial charge in [0, 0.05) is 25.4 Å². The normalized spacial score (nSPS) is 13.9. The predicted molar refractivity (Wildman–Crippen MR) is 130 cm³/mol. The third-order valence-corrected chi connectivity index (χ3v) is 7.17.